The van der Waals surface area contributed by atoms with Crippen LogP contribution < -0.4 is 5.32 Å². The number of hydrogen-bond donors (Lipinski definition) is 2. The van der Waals surface area contributed by atoms with Gasteiger partial charge in [-0.05, 0) is 24.5 Å². The molecule has 2 rings (SSSR count). The van der Waals surface area contributed by atoms with Gasteiger partial charge in [-0.25, -0.2) is 0 Å². The molecule has 0 bridgehead atoms. The van der Waals surface area contributed by atoms with Gasteiger partial charge in [0.25, 0.3) is 0 Å². The average molecular weight is 192 g/mol. The highest BCUT2D eigenvalue weighted by atomic mass is 15.0. The topological polar surface area (TPSA) is 27.8 Å². The largest absolute Gasteiger partial charge is 0.365 e. The number of nitrogens with one attached hydrogen (secondary N) is 2. The van der Waals surface area contributed by atoms with Crippen LogP contribution >= 0.6 is 0 Å². The van der Waals surface area contributed by atoms with Gasteiger partial charge in [-0.1, -0.05) is 20.3 Å². The maximum atomic E-state index is 3.73. The molecular formula is C12H20N2. The Bertz CT molecular complexity index is 290. The molecule has 1 aromatic rings. The van der Waals surface area contributed by atoms with Crippen molar-refractivity contribution in [1.82, 2.24) is 10.3 Å². The minimum atomic E-state index is 0.583. The summed E-state index contributed by atoms with van der Waals surface area (Å²) in [6, 6.07) is 3.48. The highest BCUT2D eigenvalue weighted by molar-refractivity contribution is 5.28. The Hall–Kier alpha value is -0.760. The lowest BCUT2D eigenvalue weighted by atomic mass is 9.92. The van der Waals surface area contributed by atoms with Crippen molar-refractivity contribution in [2.45, 2.75) is 51.6 Å². The van der Waals surface area contributed by atoms with Gasteiger partial charge in [0.05, 0.1) is 0 Å². The summed E-state index contributed by atoms with van der Waals surface area (Å²) in [4.78, 5) is 3.37. The van der Waals surface area contributed by atoms with Crippen molar-refractivity contribution in [2.24, 2.45) is 0 Å². The molecule has 0 aliphatic carbocycles. The summed E-state index contributed by atoms with van der Waals surface area (Å²) < 4.78 is 0. The number of aromatic amines is 1. The Morgan fingerprint density at radius 2 is 2.29 bits per heavy atom. The van der Waals surface area contributed by atoms with Gasteiger partial charge in [-0.2, -0.15) is 0 Å². The molecule has 1 aliphatic rings. The van der Waals surface area contributed by atoms with E-state index < -0.39 is 0 Å². The Morgan fingerprint density at radius 1 is 1.43 bits per heavy atom. The molecule has 78 valence electrons. The number of fused-ring (bicyclic) bond motifs is 1. The molecule has 2 N–H and O–H groups in total. The van der Waals surface area contributed by atoms with E-state index in [4.69, 9.17) is 0 Å². The van der Waals surface area contributed by atoms with Crippen LogP contribution in [0.5, 0.6) is 0 Å². The molecule has 2 atom stereocenters. The molecule has 1 aliphatic heterocycles. The van der Waals surface area contributed by atoms with Gasteiger partial charge in [0.2, 0.25) is 0 Å². The summed E-state index contributed by atoms with van der Waals surface area (Å²) >= 11 is 0. The second-order valence-electron chi connectivity index (χ2n) is 4.23. The van der Waals surface area contributed by atoms with Crippen molar-refractivity contribution >= 4 is 0 Å². The summed E-state index contributed by atoms with van der Waals surface area (Å²) in [6.07, 6.45) is 6.96. The van der Waals surface area contributed by atoms with E-state index in [1.54, 1.807) is 0 Å². The predicted molar refractivity (Wildman–Crippen MR) is 59.4 cm³/mol. The molecule has 0 unspecified atom stereocenters. The van der Waals surface area contributed by atoms with Crippen LogP contribution in [0.2, 0.25) is 0 Å². The number of rotatable bonds is 3. The van der Waals surface area contributed by atoms with Gasteiger partial charge in [0, 0.05) is 30.4 Å². The van der Waals surface area contributed by atoms with Crippen molar-refractivity contribution in [3.8, 4) is 0 Å². The lowest BCUT2D eigenvalue weighted by molar-refractivity contribution is 0.374. The van der Waals surface area contributed by atoms with Crippen molar-refractivity contribution in [1.29, 1.82) is 0 Å². The van der Waals surface area contributed by atoms with Crippen LogP contribution in [0.25, 0.3) is 0 Å². The van der Waals surface area contributed by atoms with E-state index in [1.807, 2.05) is 0 Å². The van der Waals surface area contributed by atoms with Gasteiger partial charge in [-0.3, -0.25) is 0 Å². The van der Waals surface area contributed by atoms with E-state index in [-0.39, 0.29) is 0 Å². The van der Waals surface area contributed by atoms with Gasteiger partial charge in [-0.15, -0.1) is 0 Å². The number of H-pyrrole nitrogens is 1. The smallest absolute Gasteiger partial charge is 0.0340 e. The van der Waals surface area contributed by atoms with E-state index in [1.165, 1.54) is 36.9 Å². The van der Waals surface area contributed by atoms with Crippen molar-refractivity contribution in [3.05, 3.63) is 23.5 Å². The first-order valence-corrected chi connectivity index (χ1v) is 5.77. The molecule has 0 amide bonds. The second kappa shape index (κ2) is 4.18. The molecule has 0 saturated carbocycles. The zero-order valence-corrected chi connectivity index (χ0v) is 9.14. The third kappa shape index (κ3) is 1.71. The molecule has 1 aromatic heterocycles. The Balaban J connectivity index is 2.19. The molecule has 2 heterocycles. The van der Waals surface area contributed by atoms with E-state index in [0.717, 1.165) is 0 Å². The molecular weight excluding hydrogens is 172 g/mol. The summed E-state index contributed by atoms with van der Waals surface area (Å²) in [5.74, 6) is 0. The lowest BCUT2D eigenvalue weighted by Crippen LogP contribution is -2.38. The predicted octanol–water partition coefficient (Wildman–Crippen LogP) is 2.78. The fraction of sp³-hybridized carbons (Fsp3) is 0.667. The fourth-order valence-corrected chi connectivity index (χ4v) is 2.39. The molecule has 0 aromatic carbocycles. The number of aromatic nitrogens is 1. The van der Waals surface area contributed by atoms with Crippen LogP contribution in [0.3, 0.4) is 0 Å². The minimum absolute atomic E-state index is 0.583. The first-order valence-electron chi connectivity index (χ1n) is 5.77. The lowest BCUT2D eigenvalue weighted by Gasteiger charge is -2.30. The summed E-state index contributed by atoms with van der Waals surface area (Å²) in [5, 5.41) is 3.73. The van der Waals surface area contributed by atoms with Crippen LogP contribution in [0.4, 0.5) is 0 Å². The standard InChI is InChI=1S/C12H20N2/c1-3-5-11-10-6-7-13-12(10)8-9(4-2)14-11/h6-7,9,11,13-14H,3-5,8H2,1-2H3/t9-,11+/m1/s1. The Labute approximate surface area is 86.1 Å². The molecule has 14 heavy (non-hydrogen) atoms. The van der Waals surface area contributed by atoms with Crippen LogP contribution in [-0.4, -0.2) is 11.0 Å². The van der Waals surface area contributed by atoms with E-state index in [2.05, 4.69) is 36.4 Å². The van der Waals surface area contributed by atoms with Crippen LogP contribution in [0.1, 0.15) is 50.4 Å². The monoisotopic (exact) mass is 192 g/mol. The maximum Gasteiger partial charge on any atom is 0.0340 e. The van der Waals surface area contributed by atoms with Crippen molar-refractivity contribution in [2.75, 3.05) is 0 Å². The van der Waals surface area contributed by atoms with Crippen LogP contribution in [0.15, 0.2) is 12.3 Å². The fourth-order valence-electron chi connectivity index (χ4n) is 2.39. The Kier molecular flexibility index (Phi) is 2.92. The molecule has 2 nitrogen and oxygen atoms in total. The summed E-state index contributed by atoms with van der Waals surface area (Å²) in [5.41, 5.74) is 2.95. The zero-order valence-electron chi connectivity index (χ0n) is 9.14. The van der Waals surface area contributed by atoms with Gasteiger partial charge >= 0.3 is 0 Å². The third-order valence-electron chi connectivity index (χ3n) is 3.20. The van der Waals surface area contributed by atoms with E-state index in [9.17, 15) is 0 Å². The molecule has 2 heteroatoms. The van der Waals surface area contributed by atoms with E-state index >= 15 is 0 Å². The summed E-state index contributed by atoms with van der Waals surface area (Å²) in [6.45, 7) is 4.51. The zero-order chi connectivity index (χ0) is 9.97. The molecule has 0 spiro atoms. The highest BCUT2D eigenvalue weighted by Crippen LogP contribution is 2.28. The van der Waals surface area contributed by atoms with Gasteiger partial charge < -0.3 is 10.3 Å². The van der Waals surface area contributed by atoms with Gasteiger partial charge in [0.1, 0.15) is 0 Å². The van der Waals surface area contributed by atoms with Gasteiger partial charge in [0.15, 0.2) is 0 Å². The SMILES string of the molecule is CCC[C@@H]1N[C@H](CC)Cc2[nH]ccc21. The first kappa shape index (κ1) is 9.78. The quantitative estimate of drug-likeness (QED) is 0.757. The highest BCUT2D eigenvalue weighted by Gasteiger charge is 2.24. The van der Waals surface area contributed by atoms with E-state index in [0.29, 0.717) is 12.1 Å². The maximum absolute atomic E-state index is 3.73. The Morgan fingerprint density at radius 3 is 3.00 bits per heavy atom. The first-order chi connectivity index (χ1) is 6.85. The van der Waals surface area contributed by atoms with Crippen LogP contribution in [-0.2, 0) is 6.42 Å². The summed E-state index contributed by atoms with van der Waals surface area (Å²) in [7, 11) is 0. The third-order valence-corrected chi connectivity index (χ3v) is 3.20. The molecule has 0 fully saturated rings. The minimum Gasteiger partial charge on any atom is -0.365 e. The molecule has 0 radical (unpaired) electrons. The average Bonchev–Trinajstić information content (AvgIpc) is 2.66. The second-order valence-corrected chi connectivity index (χ2v) is 4.23. The van der Waals surface area contributed by atoms with Crippen molar-refractivity contribution < 1.29 is 0 Å². The normalized spacial score (nSPS) is 26.1. The molecule has 0 saturated heterocycles. The van der Waals surface area contributed by atoms with Crippen LogP contribution in [0, 0.1) is 0 Å². The number of hydrogen-bond acceptors (Lipinski definition) is 1. The van der Waals surface area contributed by atoms with Crippen molar-refractivity contribution in [3.63, 3.8) is 0 Å².